The van der Waals surface area contributed by atoms with Gasteiger partial charge in [-0.2, -0.15) is 0 Å². The van der Waals surface area contributed by atoms with Crippen molar-refractivity contribution in [3.63, 3.8) is 0 Å². The van der Waals surface area contributed by atoms with Gasteiger partial charge >= 0.3 is 0 Å². The number of carbonyl (C=O) groups is 2. The number of carbonyl (C=O) groups excluding carboxylic acids is 2. The Bertz CT molecular complexity index is 534. The van der Waals surface area contributed by atoms with E-state index in [-0.39, 0.29) is 24.1 Å². The van der Waals surface area contributed by atoms with Crippen molar-refractivity contribution in [1.29, 1.82) is 0 Å². The van der Waals surface area contributed by atoms with Gasteiger partial charge in [-0.25, -0.2) is 0 Å². The van der Waals surface area contributed by atoms with Crippen LogP contribution in [-0.2, 0) is 20.7 Å². The number of fused-ring (bicyclic) bond motifs is 1. The van der Waals surface area contributed by atoms with Crippen molar-refractivity contribution in [3.8, 4) is 0 Å². The van der Waals surface area contributed by atoms with Crippen LogP contribution in [0.25, 0.3) is 0 Å². The van der Waals surface area contributed by atoms with Crippen LogP contribution in [0.3, 0.4) is 0 Å². The van der Waals surface area contributed by atoms with Gasteiger partial charge in [0.05, 0.1) is 25.1 Å². The van der Waals surface area contributed by atoms with Gasteiger partial charge in [-0.1, -0.05) is 30.3 Å². The summed E-state index contributed by atoms with van der Waals surface area (Å²) in [5.74, 6) is -0.0716. The fourth-order valence-corrected chi connectivity index (χ4v) is 2.67. The van der Waals surface area contributed by atoms with Crippen LogP contribution in [0, 0.1) is 0 Å². The minimum absolute atomic E-state index is 0.0857. The van der Waals surface area contributed by atoms with E-state index in [1.165, 1.54) is 0 Å². The van der Waals surface area contributed by atoms with Crippen molar-refractivity contribution in [2.45, 2.75) is 31.2 Å². The molecule has 0 spiro atoms. The fraction of sp³-hybridized carbons (Fsp3) is 0.467. The lowest BCUT2D eigenvalue weighted by Gasteiger charge is -2.31. The molecule has 2 amide bonds. The molecule has 0 aliphatic carbocycles. The van der Waals surface area contributed by atoms with E-state index < -0.39 is 6.04 Å². The zero-order valence-electron chi connectivity index (χ0n) is 11.7. The Morgan fingerprint density at radius 1 is 1.43 bits per heavy atom. The summed E-state index contributed by atoms with van der Waals surface area (Å²) in [6.07, 6.45) is 0.746. The van der Waals surface area contributed by atoms with Crippen LogP contribution < -0.4 is 11.1 Å². The van der Waals surface area contributed by atoms with E-state index in [4.69, 9.17) is 10.5 Å². The Balaban J connectivity index is 1.43. The number of nitrogens with one attached hydrogen (secondary N) is 1. The van der Waals surface area contributed by atoms with E-state index in [0.717, 1.165) is 5.56 Å². The number of amides is 2. The number of nitrogens with two attached hydrogens (primary N) is 1. The average molecular weight is 289 g/mol. The van der Waals surface area contributed by atoms with Gasteiger partial charge in [0.1, 0.15) is 6.23 Å². The summed E-state index contributed by atoms with van der Waals surface area (Å²) in [4.78, 5) is 24.9. The van der Waals surface area contributed by atoms with Crippen LogP contribution in [0.1, 0.15) is 12.0 Å². The van der Waals surface area contributed by atoms with E-state index >= 15 is 0 Å². The first-order chi connectivity index (χ1) is 10.1. The van der Waals surface area contributed by atoms with E-state index in [2.05, 4.69) is 5.32 Å². The van der Waals surface area contributed by atoms with Crippen molar-refractivity contribution in [3.05, 3.63) is 35.9 Å². The highest BCUT2D eigenvalue weighted by Crippen LogP contribution is 2.28. The lowest BCUT2D eigenvalue weighted by Crippen LogP contribution is -2.48. The lowest BCUT2D eigenvalue weighted by atomic mass is 10.1. The third kappa shape index (κ3) is 3.06. The van der Waals surface area contributed by atoms with E-state index in [0.29, 0.717) is 25.9 Å². The maximum absolute atomic E-state index is 12.0. The third-order valence-corrected chi connectivity index (χ3v) is 3.91. The first kappa shape index (κ1) is 14.0. The molecule has 2 aliphatic rings. The highest BCUT2D eigenvalue weighted by molar-refractivity contribution is 5.83. The minimum atomic E-state index is -0.576. The van der Waals surface area contributed by atoms with Gasteiger partial charge in [0.25, 0.3) is 0 Å². The lowest BCUT2D eigenvalue weighted by molar-refractivity contribution is -0.156. The molecule has 6 heteroatoms. The molecular formula is C15H19N3O3. The second-order valence-electron chi connectivity index (χ2n) is 5.50. The predicted octanol–water partition coefficient (Wildman–Crippen LogP) is -0.370. The normalized spacial score (nSPS) is 25.2. The van der Waals surface area contributed by atoms with E-state index in [1.54, 1.807) is 4.90 Å². The SMILES string of the molecule is NC(Cc1ccccc1)C(=O)NCC1CN2C(=O)CC2O1. The highest BCUT2D eigenvalue weighted by Gasteiger charge is 2.45. The molecular weight excluding hydrogens is 270 g/mol. The van der Waals surface area contributed by atoms with Crippen LogP contribution in [0.15, 0.2) is 30.3 Å². The monoisotopic (exact) mass is 289 g/mol. The highest BCUT2D eigenvalue weighted by atomic mass is 16.5. The molecule has 1 aromatic carbocycles. The standard InChI is InChI=1S/C15H19N3O3/c16-12(6-10-4-2-1-3-5-10)15(20)17-8-11-9-18-13(19)7-14(18)21-11/h1-5,11-12,14H,6-9,16H2,(H,17,20). The molecule has 0 aromatic heterocycles. The summed E-state index contributed by atoms with van der Waals surface area (Å²) >= 11 is 0. The van der Waals surface area contributed by atoms with Crippen molar-refractivity contribution < 1.29 is 14.3 Å². The molecule has 0 saturated carbocycles. The molecule has 112 valence electrons. The van der Waals surface area contributed by atoms with Crippen molar-refractivity contribution >= 4 is 11.8 Å². The molecule has 2 saturated heterocycles. The Morgan fingerprint density at radius 3 is 2.86 bits per heavy atom. The fourth-order valence-electron chi connectivity index (χ4n) is 2.67. The van der Waals surface area contributed by atoms with Crippen LogP contribution in [0.5, 0.6) is 0 Å². The van der Waals surface area contributed by atoms with Crippen LogP contribution in [0.2, 0.25) is 0 Å². The minimum Gasteiger partial charge on any atom is -0.352 e. The average Bonchev–Trinajstić information content (AvgIpc) is 2.82. The second-order valence-corrected chi connectivity index (χ2v) is 5.50. The number of hydrogen-bond acceptors (Lipinski definition) is 4. The van der Waals surface area contributed by atoms with Crippen LogP contribution in [-0.4, -0.2) is 48.2 Å². The maximum Gasteiger partial charge on any atom is 0.237 e. The van der Waals surface area contributed by atoms with Crippen LogP contribution >= 0.6 is 0 Å². The van der Waals surface area contributed by atoms with Crippen LogP contribution in [0.4, 0.5) is 0 Å². The Morgan fingerprint density at radius 2 is 2.19 bits per heavy atom. The van der Waals surface area contributed by atoms with E-state index in [1.807, 2.05) is 30.3 Å². The molecule has 3 unspecified atom stereocenters. The Kier molecular flexibility index (Phi) is 3.90. The second kappa shape index (κ2) is 5.83. The summed E-state index contributed by atoms with van der Waals surface area (Å²) in [6.45, 7) is 0.944. The number of nitrogens with zero attached hydrogens (tertiary/aromatic N) is 1. The molecule has 2 aliphatic heterocycles. The van der Waals surface area contributed by atoms with Gasteiger partial charge in [-0.05, 0) is 12.0 Å². The summed E-state index contributed by atoms with van der Waals surface area (Å²) in [5, 5.41) is 2.80. The van der Waals surface area contributed by atoms with Crippen molar-refractivity contribution in [2.75, 3.05) is 13.1 Å². The molecule has 3 rings (SSSR count). The molecule has 0 bridgehead atoms. The summed E-state index contributed by atoms with van der Waals surface area (Å²) in [7, 11) is 0. The first-order valence-electron chi connectivity index (χ1n) is 7.15. The van der Waals surface area contributed by atoms with E-state index in [9.17, 15) is 9.59 Å². The third-order valence-electron chi connectivity index (χ3n) is 3.91. The zero-order chi connectivity index (χ0) is 14.8. The quantitative estimate of drug-likeness (QED) is 0.724. The number of rotatable bonds is 5. The summed E-state index contributed by atoms with van der Waals surface area (Å²) in [6, 6.07) is 9.10. The van der Waals surface area contributed by atoms with Gasteiger partial charge < -0.3 is 20.7 Å². The van der Waals surface area contributed by atoms with Crippen molar-refractivity contribution in [2.24, 2.45) is 5.73 Å². The van der Waals surface area contributed by atoms with Gasteiger partial charge in [0.15, 0.2) is 0 Å². The number of hydrogen-bond donors (Lipinski definition) is 2. The molecule has 1 aromatic rings. The Hall–Kier alpha value is -1.92. The molecule has 3 N–H and O–H groups in total. The summed E-state index contributed by atoms with van der Waals surface area (Å²) in [5.41, 5.74) is 6.94. The zero-order valence-corrected chi connectivity index (χ0v) is 11.7. The smallest absolute Gasteiger partial charge is 0.237 e. The molecule has 0 radical (unpaired) electrons. The first-order valence-corrected chi connectivity index (χ1v) is 7.15. The van der Waals surface area contributed by atoms with Gasteiger partial charge in [-0.3, -0.25) is 9.59 Å². The van der Waals surface area contributed by atoms with Gasteiger partial charge in [0.2, 0.25) is 11.8 Å². The summed E-state index contributed by atoms with van der Waals surface area (Å²) < 4.78 is 5.63. The Labute approximate surface area is 123 Å². The maximum atomic E-state index is 12.0. The molecule has 2 heterocycles. The van der Waals surface area contributed by atoms with Gasteiger partial charge in [0, 0.05) is 6.54 Å². The topological polar surface area (TPSA) is 84.7 Å². The van der Waals surface area contributed by atoms with Gasteiger partial charge in [-0.15, -0.1) is 0 Å². The molecule has 2 fully saturated rings. The molecule has 3 atom stereocenters. The molecule has 6 nitrogen and oxygen atoms in total. The number of β-lactam (4-membered cyclic amide) rings is 1. The predicted molar refractivity (Wildman–Crippen MR) is 76.1 cm³/mol. The number of ether oxygens (including phenoxy) is 1. The largest absolute Gasteiger partial charge is 0.352 e. The van der Waals surface area contributed by atoms with Crippen molar-refractivity contribution in [1.82, 2.24) is 10.2 Å². The number of benzene rings is 1. The molecule has 21 heavy (non-hydrogen) atoms.